The summed E-state index contributed by atoms with van der Waals surface area (Å²) in [5, 5.41) is 0. The molecule has 1 aliphatic rings. The van der Waals surface area contributed by atoms with Gasteiger partial charge >= 0.3 is 0 Å². The van der Waals surface area contributed by atoms with Gasteiger partial charge in [-0.2, -0.15) is 8.42 Å². The highest BCUT2D eigenvalue weighted by Crippen LogP contribution is 2.44. The molecule has 27 heavy (non-hydrogen) atoms. The first-order valence-corrected chi connectivity index (χ1v) is 10.2. The average Bonchev–Trinajstić information content (AvgIpc) is 3.12. The summed E-state index contributed by atoms with van der Waals surface area (Å²) >= 11 is 0. The summed E-state index contributed by atoms with van der Waals surface area (Å²) < 4.78 is 35.8. The molecule has 4 rings (SSSR count). The third-order valence-corrected chi connectivity index (χ3v) is 6.20. The summed E-state index contributed by atoms with van der Waals surface area (Å²) in [6.07, 6.45) is 0.246. The van der Waals surface area contributed by atoms with E-state index in [4.69, 9.17) is 8.92 Å². The lowest BCUT2D eigenvalue weighted by atomic mass is 9.99. The third kappa shape index (κ3) is 3.24. The van der Waals surface area contributed by atoms with Crippen LogP contribution >= 0.6 is 0 Å². The molecule has 138 valence electrons. The molecule has 0 saturated carbocycles. The number of rotatable bonds is 4. The fourth-order valence-corrected chi connectivity index (χ4v) is 4.42. The Kier molecular flexibility index (Phi) is 4.50. The quantitative estimate of drug-likeness (QED) is 0.617. The maximum atomic E-state index is 12.4. The van der Waals surface area contributed by atoms with E-state index in [0.29, 0.717) is 12.0 Å². The predicted octanol–water partition coefficient (Wildman–Crippen LogP) is 4.67. The molecule has 1 heterocycles. The molecule has 5 heteroatoms. The molecule has 3 aromatic rings. The molecule has 1 unspecified atom stereocenters. The lowest BCUT2D eigenvalue weighted by Gasteiger charge is -2.17. The Bertz CT molecular complexity index is 1090. The van der Waals surface area contributed by atoms with Crippen LogP contribution in [-0.4, -0.2) is 15.5 Å². The number of fused-ring (bicyclic) bond motifs is 1. The second-order valence-corrected chi connectivity index (χ2v) is 8.31. The number of hydrogen-bond donors (Lipinski definition) is 0. The molecule has 0 amide bonds. The minimum absolute atomic E-state index is 0.162. The van der Waals surface area contributed by atoms with Gasteiger partial charge < -0.3 is 4.74 Å². The average molecular weight is 380 g/mol. The molecule has 4 nitrogen and oxygen atoms in total. The third-order valence-electron chi connectivity index (χ3n) is 4.85. The van der Waals surface area contributed by atoms with Gasteiger partial charge in [-0.25, -0.2) is 0 Å². The smallest absolute Gasteiger partial charge is 0.297 e. The number of aryl methyl sites for hydroxylation is 1. The van der Waals surface area contributed by atoms with Crippen molar-refractivity contribution < 1.29 is 17.3 Å². The van der Waals surface area contributed by atoms with Crippen LogP contribution in [0.5, 0.6) is 5.75 Å². The molecule has 0 aliphatic carbocycles. The minimum Gasteiger partial charge on any atom is -0.484 e. The van der Waals surface area contributed by atoms with Crippen LogP contribution in [0, 0.1) is 6.92 Å². The number of ether oxygens (including phenoxy) is 1. The lowest BCUT2D eigenvalue weighted by Crippen LogP contribution is -2.12. The molecule has 0 saturated heterocycles. The predicted molar refractivity (Wildman–Crippen MR) is 104 cm³/mol. The van der Waals surface area contributed by atoms with Gasteiger partial charge in [-0.3, -0.25) is 4.18 Å². The summed E-state index contributed by atoms with van der Waals surface area (Å²) in [4.78, 5) is 0.162. The Labute approximate surface area is 159 Å². The summed E-state index contributed by atoms with van der Waals surface area (Å²) in [5.41, 5.74) is 4.77. The summed E-state index contributed by atoms with van der Waals surface area (Å²) in [6, 6.07) is 21.3. The van der Waals surface area contributed by atoms with Crippen molar-refractivity contribution in [3.8, 4) is 16.9 Å². The van der Waals surface area contributed by atoms with E-state index < -0.39 is 10.1 Å². The van der Waals surface area contributed by atoms with E-state index in [9.17, 15) is 8.42 Å². The first-order chi connectivity index (χ1) is 13.0. The normalized spacial score (nSPS) is 16.0. The van der Waals surface area contributed by atoms with Crippen molar-refractivity contribution in [2.75, 3.05) is 7.11 Å². The van der Waals surface area contributed by atoms with Crippen LogP contribution < -0.4 is 4.74 Å². The maximum Gasteiger partial charge on any atom is 0.297 e. The highest BCUT2D eigenvalue weighted by molar-refractivity contribution is 7.86. The number of hydrogen-bond acceptors (Lipinski definition) is 4. The second-order valence-electron chi connectivity index (χ2n) is 6.63. The van der Waals surface area contributed by atoms with Gasteiger partial charge in [-0.05, 0) is 24.1 Å². The molecule has 0 spiro atoms. The van der Waals surface area contributed by atoms with Gasteiger partial charge in [0.2, 0.25) is 0 Å². The van der Waals surface area contributed by atoms with Crippen molar-refractivity contribution in [3.63, 3.8) is 0 Å². The molecule has 0 bridgehead atoms. The molecule has 3 aromatic carbocycles. The standard InChI is InChI=1S/C22H20O4S/c1-15-11-12-21(27(23,24)25-2)19(13-15)20-14-17-9-6-10-18(22(17)26-20)16-7-4-3-5-8-16/h3-13,20H,14H2,1-2H3. The van der Waals surface area contributed by atoms with Crippen molar-refractivity contribution in [2.45, 2.75) is 24.3 Å². The Morgan fingerprint density at radius 3 is 2.52 bits per heavy atom. The lowest BCUT2D eigenvalue weighted by molar-refractivity contribution is 0.235. The van der Waals surface area contributed by atoms with E-state index in [1.54, 1.807) is 12.1 Å². The first kappa shape index (κ1) is 17.8. The van der Waals surface area contributed by atoms with E-state index in [2.05, 4.69) is 0 Å². The van der Waals surface area contributed by atoms with Crippen LogP contribution in [0.1, 0.15) is 22.8 Å². The van der Waals surface area contributed by atoms with Crippen molar-refractivity contribution >= 4 is 10.1 Å². The van der Waals surface area contributed by atoms with Crippen molar-refractivity contribution in [2.24, 2.45) is 0 Å². The Morgan fingerprint density at radius 2 is 1.78 bits per heavy atom. The Morgan fingerprint density at radius 1 is 1.00 bits per heavy atom. The van der Waals surface area contributed by atoms with E-state index in [1.165, 1.54) is 7.11 Å². The van der Waals surface area contributed by atoms with Gasteiger partial charge in [-0.15, -0.1) is 0 Å². The minimum atomic E-state index is -3.81. The molecule has 0 aromatic heterocycles. The van der Waals surface area contributed by atoms with Crippen molar-refractivity contribution in [1.82, 2.24) is 0 Å². The fourth-order valence-electron chi connectivity index (χ4n) is 3.52. The van der Waals surface area contributed by atoms with Gasteiger partial charge in [-0.1, -0.05) is 66.2 Å². The highest BCUT2D eigenvalue weighted by Gasteiger charge is 2.31. The summed E-state index contributed by atoms with van der Waals surface area (Å²) in [5.74, 6) is 0.816. The van der Waals surface area contributed by atoms with E-state index in [1.807, 2.05) is 61.5 Å². The van der Waals surface area contributed by atoms with Crippen LogP contribution in [-0.2, 0) is 20.7 Å². The SMILES string of the molecule is COS(=O)(=O)c1ccc(C)cc1C1Cc2cccc(-c3ccccc3)c2O1. The Hall–Kier alpha value is -2.63. The molecule has 0 radical (unpaired) electrons. The zero-order chi connectivity index (χ0) is 19.0. The van der Waals surface area contributed by atoms with Gasteiger partial charge in [0.25, 0.3) is 10.1 Å². The monoisotopic (exact) mass is 380 g/mol. The molecule has 0 fully saturated rings. The molecule has 1 atom stereocenters. The van der Waals surface area contributed by atoms with Crippen molar-refractivity contribution in [3.05, 3.63) is 83.4 Å². The van der Waals surface area contributed by atoms with Gasteiger partial charge in [0, 0.05) is 17.5 Å². The van der Waals surface area contributed by atoms with Gasteiger partial charge in [0.15, 0.2) is 0 Å². The highest BCUT2D eigenvalue weighted by atomic mass is 32.2. The van der Waals surface area contributed by atoms with Crippen molar-refractivity contribution in [1.29, 1.82) is 0 Å². The van der Waals surface area contributed by atoms with Crippen LogP contribution in [0.3, 0.4) is 0 Å². The van der Waals surface area contributed by atoms with Gasteiger partial charge in [0.05, 0.1) is 7.11 Å². The van der Waals surface area contributed by atoms with Crippen LogP contribution in [0.4, 0.5) is 0 Å². The van der Waals surface area contributed by atoms with E-state index in [0.717, 1.165) is 28.0 Å². The largest absolute Gasteiger partial charge is 0.484 e. The van der Waals surface area contributed by atoms with E-state index >= 15 is 0 Å². The zero-order valence-corrected chi connectivity index (χ0v) is 16.0. The number of para-hydroxylation sites is 1. The fraction of sp³-hybridized carbons (Fsp3) is 0.182. The number of benzene rings is 3. The van der Waals surface area contributed by atoms with Gasteiger partial charge in [0.1, 0.15) is 16.7 Å². The van der Waals surface area contributed by atoms with Crippen LogP contribution in [0.25, 0.3) is 11.1 Å². The van der Waals surface area contributed by atoms with Crippen LogP contribution in [0.15, 0.2) is 71.6 Å². The molecular formula is C22H20O4S. The van der Waals surface area contributed by atoms with Crippen LogP contribution in [0.2, 0.25) is 0 Å². The summed E-state index contributed by atoms with van der Waals surface area (Å²) in [7, 11) is -2.64. The molecule has 1 aliphatic heterocycles. The maximum absolute atomic E-state index is 12.4. The zero-order valence-electron chi connectivity index (χ0n) is 15.2. The topological polar surface area (TPSA) is 52.6 Å². The second kappa shape index (κ2) is 6.83. The summed E-state index contributed by atoms with van der Waals surface area (Å²) in [6.45, 7) is 1.93. The molecular weight excluding hydrogens is 360 g/mol. The Balaban J connectivity index is 1.78. The molecule has 0 N–H and O–H groups in total. The van der Waals surface area contributed by atoms with E-state index in [-0.39, 0.29) is 11.0 Å². The first-order valence-electron chi connectivity index (χ1n) is 8.75.